The second-order valence-electron chi connectivity index (χ2n) is 4.20. The molecular formula is C8H13Br3O8S2. The topological polar surface area (TPSA) is 105 Å². The minimum Gasteiger partial charge on any atom is -0.341 e. The first-order valence-electron chi connectivity index (χ1n) is 5.34. The number of rotatable bonds is 6. The number of alkyl halides is 3. The molecule has 0 aromatic rings. The fourth-order valence-corrected chi connectivity index (χ4v) is 2.76. The third-order valence-corrected chi connectivity index (χ3v) is 4.42. The van der Waals surface area contributed by atoms with Gasteiger partial charge in [0.2, 0.25) is 0 Å². The van der Waals surface area contributed by atoms with Gasteiger partial charge in [0.1, 0.15) is 12.2 Å². The van der Waals surface area contributed by atoms with Gasteiger partial charge in [-0.25, -0.2) is 0 Å². The molecule has 0 aromatic carbocycles. The van der Waals surface area contributed by atoms with Crippen LogP contribution in [0.1, 0.15) is 0 Å². The monoisotopic (exact) mass is 538 g/mol. The summed E-state index contributed by atoms with van der Waals surface area (Å²) < 4.78 is 63.4. The van der Waals surface area contributed by atoms with Crippen molar-refractivity contribution in [2.75, 3.05) is 25.7 Å². The van der Waals surface area contributed by atoms with Crippen molar-refractivity contribution in [1.29, 1.82) is 0 Å². The summed E-state index contributed by atoms with van der Waals surface area (Å²) in [5.41, 5.74) is 0. The predicted molar refractivity (Wildman–Crippen MR) is 84.6 cm³/mol. The van der Waals surface area contributed by atoms with Crippen LogP contribution in [0, 0.1) is 0 Å². The smallest absolute Gasteiger partial charge is 0.264 e. The first kappa shape index (κ1) is 20.2. The highest BCUT2D eigenvalue weighted by Crippen LogP contribution is 2.43. The van der Waals surface area contributed by atoms with Gasteiger partial charge in [0, 0.05) is 0 Å². The van der Waals surface area contributed by atoms with Crippen molar-refractivity contribution in [1.82, 2.24) is 0 Å². The molecule has 0 aliphatic carbocycles. The van der Waals surface area contributed by atoms with Gasteiger partial charge in [0.15, 0.2) is 8.43 Å². The zero-order valence-corrected chi connectivity index (χ0v) is 17.3. The highest BCUT2D eigenvalue weighted by molar-refractivity contribution is 9.39. The lowest BCUT2D eigenvalue weighted by atomic mass is 10.2. The lowest BCUT2D eigenvalue weighted by Gasteiger charge is -2.19. The molecule has 1 aliphatic heterocycles. The summed E-state index contributed by atoms with van der Waals surface area (Å²) in [5.74, 6) is 0. The Hall–Kier alpha value is 1.18. The van der Waals surface area contributed by atoms with Crippen LogP contribution in [0.4, 0.5) is 0 Å². The maximum absolute atomic E-state index is 11.0. The Morgan fingerprint density at radius 2 is 1.24 bits per heavy atom. The molecule has 1 fully saturated rings. The Balaban J connectivity index is 2.74. The SMILES string of the molecule is CS(=O)(=O)OC[C@@H]1OC(C(Br)(Br)Br)O[C@@H]1COS(C)(=O)=O. The maximum Gasteiger partial charge on any atom is 0.264 e. The second-order valence-corrected chi connectivity index (χ2v) is 14.4. The van der Waals surface area contributed by atoms with Crippen LogP contribution < -0.4 is 0 Å². The number of hydrogen-bond donors (Lipinski definition) is 0. The average molecular weight is 541 g/mol. The van der Waals surface area contributed by atoms with Crippen LogP contribution >= 0.6 is 47.8 Å². The third kappa shape index (κ3) is 8.01. The first-order chi connectivity index (χ1) is 9.28. The Morgan fingerprint density at radius 3 is 1.48 bits per heavy atom. The van der Waals surface area contributed by atoms with Crippen molar-refractivity contribution < 1.29 is 34.7 Å². The van der Waals surface area contributed by atoms with Gasteiger partial charge in [-0.05, 0) is 0 Å². The zero-order valence-electron chi connectivity index (χ0n) is 10.9. The van der Waals surface area contributed by atoms with Gasteiger partial charge < -0.3 is 9.47 Å². The van der Waals surface area contributed by atoms with Crippen molar-refractivity contribution in [2.45, 2.75) is 20.6 Å². The normalized spacial score (nSPS) is 28.0. The average Bonchev–Trinajstić information content (AvgIpc) is 2.64. The summed E-state index contributed by atoms with van der Waals surface area (Å²) in [5, 5.41) is 0. The van der Waals surface area contributed by atoms with Gasteiger partial charge in [-0.2, -0.15) is 16.8 Å². The van der Waals surface area contributed by atoms with E-state index < -0.39 is 40.9 Å². The largest absolute Gasteiger partial charge is 0.341 e. The highest BCUT2D eigenvalue weighted by Gasteiger charge is 2.46. The van der Waals surface area contributed by atoms with E-state index in [2.05, 4.69) is 56.2 Å². The zero-order chi connectivity index (χ0) is 16.5. The number of ether oxygens (including phenoxy) is 2. The Bertz CT molecular complexity index is 511. The summed E-state index contributed by atoms with van der Waals surface area (Å²) in [7, 11) is -7.32. The van der Waals surface area contributed by atoms with Gasteiger partial charge in [-0.15, -0.1) is 0 Å². The van der Waals surface area contributed by atoms with Crippen molar-refractivity contribution in [3.8, 4) is 0 Å². The molecule has 0 N–H and O–H groups in total. The number of hydrogen-bond acceptors (Lipinski definition) is 8. The van der Waals surface area contributed by atoms with E-state index in [1.165, 1.54) is 0 Å². The van der Waals surface area contributed by atoms with Gasteiger partial charge in [-0.3, -0.25) is 8.37 Å². The fraction of sp³-hybridized carbons (Fsp3) is 1.00. The third-order valence-electron chi connectivity index (χ3n) is 2.17. The maximum atomic E-state index is 11.0. The molecule has 0 saturated carbocycles. The molecule has 21 heavy (non-hydrogen) atoms. The van der Waals surface area contributed by atoms with E-state index >= 15 is 0 Å². The van der Waals surface area contributed by atoms with Crippen LogP contribution in [0.25, 0.3) is 0 Å². The second kappa shape index (κ2) is 7.38. The Labute approximate surface area is 148 Å². The number of halogens is 3. The van der Waals surface area contributed by atoms with E-state index in [1.54, 1.807) is 0 Å². The van der Waals surface area contributed by atoms with Crippen molar-refractivity contribution in [2.24, 2.45) is 0 Å². The quantitative estimate of drug-likeness (QED) is 0.361. The summed E-state index contributed by atoms with van der Waals surface area (Å²) in [6.07, 6.45) is -0.714. The molecule has 13 heteroatoms. The molecule has 126 valence electrons. The minimum atomic E-state index is -3.66. The molecule has 0 spiro atoms. The van der Waals surface area contributed by atoms with Gasteiger partial charge in [0.05, 0.1) is 25.7 Å². The minimum absolute atomic E-state index is 0.323. The lowest BCUT2D eigenvalue weighted by Crippen LogP contribution is -2.33. The van der Waals surface area contributed by atoms with E-state index in [1.807, 2.05) is 0 Å². The van der Waals surface area contributed by atoms with Crippen LogP contribution in [-0.2, 0) is 38.1 Å². The van der Waals surface area contributed by atoms with Crippen molar-refractivity contribution >= 4 is 68.0 Å². The van der Waals surface area contributed by atoms with Crippen LogP contribution in [0.2, 0.25) is 0 Å². The van der Waals surface area contributed by atoms with Gasteiger partial charge >= 0.3 is 0 Å². The van der Waals surface area contributed by atoms with Crippen LogP contribution in [0.15, 0.2) is 0 Å². The van der Waals surface area contributed by atoms with Crippen molar-refractivity contribution in [3.05, 3.63) is 0 Å². The molecule has 8 nitrogen and oxygen atoms in total. The standard InChI is InChI=1S/C8H13Br3O8S2/c1-20(12,13)16-3-5-6(4-17-21(2,14)15)19-7(18-5)8(9,10)11/h5-7H,3-4H2,1-2H3/t5-,6+,7?. The van der Waals surface area contributed by atoms with E-state index in [0.29, 0.717) is 0 Å². The first-order valence-corrected chi connectivity index (χ1v) is 11.4. The molecule has 0 aromatic heterocycles. The van der Waals surface area contributed by atoms with E-state index in [-0.39, 0.29) is 13.2 Å². The molecule has 1 rings (SSSR count). The van der Waals surface area contributed by atoms with Crippen molar-refractivity contribution in [3.63, 3.8) is 0 Å². The molecule has 0 amide bonds. The van der Waals surface area contributed by atoms with Crippen LogP contribution in [0.5, 0.6) is 0 Å². The van der Waals surface area contributed by atoms with Crippen LogP contribution in [-0.4, -0.2) is 63.2 Å². The molecule has 1 unspecified atom stereocenters. The lowest BCUT2D eigenvalue weighted by molar-refractivity contribution is -0.0613. The predicted octanol–water partition coefficient (Wildman–Crippen LogP) is 0.887. The summed E-state index contributed by atoms with van der Waals surface area (Å²) in [6.45, 7) is -0.646. The molecular weight excluding hydrogens is 528 g/mol. The Kier molecular flexibility index (Phi) is 7.11. The molecule has 1 heterocycles. The fourth-order valence-electron chi connectivity index (χ4n) is 1.35. The van der Waals surface area contributed by atoms with E-state index in [4.69, 9.17) is 9.47 Å². The molecule has 1 saturated heterocycles. The molecule has 1 aliphatic rings. The van der Waals surface area contributed by atoms with Crippen LogP contribution in [0.3, 0.4) is 0 Å². The van der Waals surface area contributed by atoms with E-state index in [0.717, 1.165) is 12.5 Å². The molecule has 0 bridgehead atoms. The van der Waals surface area contributed by atoms with Gasteiger partial charge in [-0.1, -0.05) is 47.8 Å². The molecule has 3 atom stereocenters. The van der Waals surface area contributed by atoms with Gasteiger partial charge in [0.25, 0.3) is 20.2 Å². The highest BCUT2D eigenvalue weighted by atomic mass is 80.0. The van der Waals surface area contributed by atoms with E-state index in [9.17, 15) is 16.8 Å². The molecule has 0 radical (unpaired) electrons. The summed E-state index contributed by atoms with van der Waals surface area (Å²) in [4.78, 5) is 0. The Morgan fingerprint density at radius 1 is 0.905 bits per heavy atom. The summed E-state index contributed by atoms with van der Waals surface area (Å²) in [6, 6.07) is 0. The summed E-state index contributed by atoms with van der Waals surface area (Å²) >= 11 is 9.62.